The summed E-state index contributed by atoms with van der Waals surface area (Å²) < 4.78 is 9.63. The van der Waals surface area contributed by atoms with Crippen LogP contribution in [0.2, 0.25) is 0 Å². The van der Waals surface area contributed by atoms with E-state index in [0.29, 0.717) is 18.4 Å². The molecular formula is C11H24N2O2. The smallest absolute Gasteiger partial charge is 0.182 e. The molecule has 0 radical (unpaired) electrons. The molecule has 0 aromatic carbocycles. The van der Waals surface area contributed by atoms with E-state index < -0.39 is 0 Å². The molecule has 0 heterocycles. The Bertz CT molecular complexity index is 225. The molecule has 0 bridgehead atoms. The summed E-state index contributed by atoms with van der Waals surface area (Å²) in [6, 6.07) is 0. The fourth-order valence-electron chi connectivity index (χ4n) is 0.504. The van der Waals surface area contributed by atoms with Crippen LogP contribution in [0.25, 0.3) is 0 Å². The highest BCUT2D eigenvalue weighted by atomic mass is 16.5. The maximum Gasteiger partial charge on any atom is 0.182 e. The number of rotatable bonds is 3. The number of nitrogens with two attached hydrogens (primary N) is 2. The van der Waals surface area contributed by atoms with E-state index in [0.717, 1.165) is 11.1 Å². The maximum atomic E-state index is 5.38. The Labute approximate surface area is 92.9 Å². The number of methoxy groups -OCH3 is 1. The van der Waals surface area contributed by atoms with Gasteiger partial charge in [-0.1, -0.05) is 0 Å². The van der Waals surface area contributed by atoms with Gasteiger partial charge in [0.05, 0.1) is 13.7 Å². The fourth-order valence-corrected chi connectivity index (χ4v) is 0.504. The summed E-state index contributed by atoms with van der Waals surface area (Å²) in [6.07, 6.45) is 0. The van der Waals surface area contributed by atoms with E-state index in [2.05, 4.69) is 4.74 Å². The van der Waals surface area contributed by atoms with Crippen LogP contribution in [0.5, 0.6) is 0 Å². The molecule has 0 amide bonds. The Morgan fingerprint density at radius 1 is 0.933 bits per heavy atom. The first-order valence-corrected chi connectivity index (χ1v) is 4.89. The molecule has 15 heavy (non-hydrogen) atoms. The summed E-state index contributed by atoms with van der Waals surface area (Å²) in [5.41, 5.74) is 12.7. The van der Waals surface area contributed by atoms with Crippen molar-refractivity contribution in [1.29, 1.82) is 0 Å². The Morgan fingerprint density at radius 3 is 1.40 bits per heavy atom. The van der Waals surface area contributed by atoms with Crippen molar-refractivity contribution in [3.05, 3.63) is 22.9 Å². The van der Waals surface area contributed by atoms with Gasteiger partial charge in [-0.25, -0.2) is 0 Å². The van der Waals surface area contributed by atoms with Gasteiger partial charge in [-0.2, -0.15) is 0 Å². The maximum absolute atomic E-state index is 5.38. The Morgan fingerprint density at radius 2 is 1.33 bits per heavy atom. The van der Waals surface area contributed by atoms with E-state index in [1.165, 1.54) is 0 Å². The summed E-state index contributed by atoms with van der Waals surface area (Å²) in [7, 11) is 1.56. The van der Waals surface area contributed by atoms with Crippen LogP contribution in [0.15, 0.2) is 22.9 Å². The van der Waals surface area contributed by atoms with Crippen molar-refractivity contribution in [2.24, 2.45) is 11.5 Å². The molecule has 0 rings (SSSR count). The second-order valence-electron chi connectivity index (χ2n) is 3.37. The van der Waals surface area contributed by atoms with E-state index in [1.807, 2.05) is 34.6 Å². The first-order valence-electron chi connectivity index (χ1n) is 4.89. The van der Waals surface area contributed by atoms with Crippen LogP contribution in [-0.2, 0) is 9.47 Å². The first-order chi connectivity index (χ1) is 6.86. The number of hydrogen-bond donors (Lipinski definition) is 2. The minimum Gasteiger partial charge on any atom is -0.483 e. The molecule has 4 heteroatoms. The molecule has 0 aliphatic rings. The zero-order chi connectivity index (χ0) is 12.4. The van der Waals surface area contributed by atoms with Gasteiger partial charge in [-0.3, -0.25) is 0 Å². The van der Waals surface area contributed by atoms with Crippen molar-refractivity contribution >= 4 is 0 Å². The van der Waals surface area contributed by atoms with Crippen LogP contribution in [-0.4, -0.2) is 13.7 Å². The van der Waals surface area contributed by atoms with Gasteiger partial charge in [0.1, 0.15) is 0 Å². The molecular weight excluding hydrogens is 192 g/mol. The van der Waals surface area contributed by atoms with Gasteiger partial charge in [0.25, 0.3) is 0 Å². The van der Waals surface area contributed by atoms with Gasteiger partial charge in [-0.05, 0) is 45.8 Å². The average molecular weight is 216 g/mol. The zero-order valence-corrected chi connectivity index (χ0v) is 10.7. The lowest BCUT2D eigenvalue weighted by Crippen LogP contribution is -2.03. The van der Waals surface area contributed by atoms with E-state index in [4.69, 9.17) is 16.2 Å². The van der Waals surface area contributed by atoms with Crippen LogP contribution >= 0.6 is 0 Å². The second-order valence-corrected chi connectivity index (χ2v) is 3.37. The third kappa shape index (κ3) is 10.6. The van der Waals surface area contributed by atoms with Gasteiger partial charge in [0.2, 0.25) is 0 Å². The molecule has 4 nitrogen and oxygen atoms in total. The summed E-state index contributed by atoms with van der Waals surface area (Å²) in [5.74, 6) is 1.06. The summed E-state index contributed by atoms with van der Waals surface area (Å²) in [6.45, 7) is 10.2. The Balaban J connectivity index is 0. The van der Waals surface area contributed by atoms with E-state index in [1.54, 1.807) is 7.11 Å². The minimum atomic E-state index is 0.514. The third-order valence-electron chi connectivity index (χ3n) is 1.51. The summed E-state index contributed by atoms with van der Waals surface area (Å²) in [5, 5.41) is 0. The van der Waals surface area contributed by atoms with Crippen molar-refractivity contribution in [1.82, 2.24) is 0 Å². The summed E-state index contributed by atoms with van der Waals surface area (Å²) >= 11 is 0. The molecule has 0 aromatic rings. The monoisotopic (exact) mass is 216 g/mol. The molecule has 90 valence electrons. The Hall–Kier alpha value is -1.32. The molecule has 0 saturated heterocycles. The molecule has 0 spiro atoms. The Kier molecular flexibility index (Phi) is 9.94. The van der Waals surface area contributed by atoms with Crippen molar-refractivity contribution in [2.45, 2.75) is 34.6 Å². The van der Waals surface area contributed by atoms with Crippen molar-refractivity contribution in [2.75, 3.05) is 13.7 Å². The molecule has 0 aliphatic carbocycles. The summed E-state index contributed by atoms with van der Waals surface area (Å²) in [4.78, 5) is 0. The van der Waals surface area contributed by atoms with Gasteiger partial charge in [-0.15, -0.1) is 0 Å². The molecule has 0 unspecified atom stereocenters. The average Bonchev–Trinajstić information content (AvgIpc) is 2.17. The van der Waals surface area contributed by atoms with Crippen molar-refractivity contribution < 1.29 is 9.47 Å². The highest BCUT2D eigenvalue weighted by Crippen LogP contribution is 1.95. The SMILES string of the molecule is CCOC(N)=C(C)C.COC(N)=C(C)C. The molecule has 0 atom stereocenters. The van der Waals surface area contributed by atoms with Gasteiger partial charge >= 0.3 is 0 Å². The molecule has 0 aliphatic heterocycles. The van der Waals surface area contributed by atoms with Crippen molar-refractivity contribution in [3.8, 4) is 0 Å². The van der Waals surface area contributed by atoms with Crippen LogP contribution in [0, 0.1) is 0 Å². The van der Waals surface area contributed by atoms with Crippen molar-refractivity contribution in [3.63, 3.8) is 0 Å². The van der Waals surface area contributed by atoms with Gasteiger partial charge < -0.3 is 20.9 Å². The molecule has 4 N–H and O–H groups in total. The van der Waals surface area contributed by atoms with Crippen LogP contribution in [0.3, 0.4) is 0 Å². The number of allylic oxidation sites excluding steroid dienone is 2. The highest BCUT2D eigenvalue weighted by Gasteiger charge is 1.87. The predicted molar refractivity (Wildman–Crippen MR) is 63.8 cm³/mol. The third-order valence-corrected chi connectivity index (χ3v) is 1.51. The second kappa shape index (κ2) is 9.24. The minimum absolute atomic E-state index is 0.514. The lowest BCUT2D eigenvalue weighted by molar-refractivity contribution is 0.222. The van der Waals surface area contributed by atoms with E-state index in [-0.39, 0.29) is 0 Å². The lowest BCUT2D eigenvalue weighted by atomic mass is 10.4. The zero-order valence-electron chi connectivity index (χ0n) is 10.7. The van der Waals surface area contributed by atoms with Crippen LogP contribution < -0.4 is 11.5 Å². The first kappa shape index (κ1) is 16.1. The molecule has 0 fully saturated rings. The standard InChI is InChI=1S/C6H13NO.C5H11NO/c1-4-8-6(7)5(2)3;1-4(2)5(6)7-3/h4,7H2,1-3H3;6H2,1-3H3. The molecule has 0 saturated carbocycles. The van der Waals surface area contributed by atoms with Crippen LogP contribution in [0.1, 0.15) is 34.6 Å². The number of ether oxygens (including phenoxy) is 2. The quantitative estimate of drug-likeness (QED) is 0.708. The van der Waals surface area contributed by atoms with Crippen LogP contribution in [0.4, 0.5) is 0 Å². The van der Waals surface area contributed by atoms with E-state index >= 15 is 0 Å². The normalized spacial score (nSPS) is 8.13. The van der Waals surface area contributed by atoms with Gasteiger partial charge in [0.15, 0.2) is 11.8 Å². The largest absolute Gasteiger partial charge is 0.483 e. The lowest BCUT2D eigenvalue weighted by Gasteiger charge is -2.02. The predicted octanol–water partition coefficient (Wildman–Crippen LogP) is 2.08. The number of hydrogen-bond acceptors (Lipinski definition) is 4. The van der Waals surface area contributed by atoms with Gasteiger partial charge in [0, 0.05) is 0 Å². The molecule has 0 aromatic heterocycles. The topological polar surface area (TPSA) is 70.5 Å². The van der Waals surface area contributed by atoms with E-state index in [9.17, 15) is 0 Å². The fraction of sp³-hybridized carbons (Fsp3) is 0.636. The highest BCUT2D eigenvalue weighted by molar-refractivity contribution is 4.97.